The molecule has 1 heterocycles. The van der Waals surface area contributed by atoms with Crippen molar-refractivity contribution in [2.24, 2.45) is 11.7 Å². The number of primary amides is 1. The van der Waals surface area contributed by atoms with Gasteiger partial charge in [0.05, 0.1) is 5.92 Å². The fourth-order valence-electron chi connectivity index (χ4n) is 2.06. The molecule has 1 fully saturated rings. The van der Waals surface area contributed by atoms with E-state index in [0.717, 1.165) is 5.56 Å². The van der Waals surface area contributed by atoms with Crippen molar-refractivity contribution in [2.75, 3.05) is 6.54 Å². The van der Waals surface area contributed by atoms with Gasteiger partial charge in [-0.2, -0.15) is 0 Å². The summed E-state index contributed by atoms with van der Waals surface area (Å²) < 4.78 is 0. The van der Waals surface area contributed by atoms with Crippen molar-refractivity contribution >= 4 is 11.9 Å². The Morgan fingerprint density at radius 1 is 1.29 bits per heavy atom. The fraction of sp³-hybridized carbons (Fsp3) is 0.333. The summed E-state index contributed by atoms with van der Waals surface area (Å²) in [5.74, 6) is -1.57. The molecule has 2 rings (SSSR count). The Morgan fingerprint density at radius 2 is 1.94 bits per heavy atom. The van der Waals surface area contributed by atoms with E-state index in [1.54, 1.807) is 12.1 Å². The van der Waals surface area contributed by atoms with Crippen molar-refractivity contribution in [1.29, 1.82) is 0 Å². The number of carbonyl (C=O) groups excluding carboxylic acids is 1. The number of nitrogens with one attached hydrogen (secondary N) is 1. The van der Waals surface area contributed by atoms with Gasteiger partial charge in [0.25, 0.3) is 0 Å². The van der Waals surface area contributed by atoms with Crippen molar-refractivity contribution in [2.45, 2.75) is 12.5 Å². The number of nitrogens with two attached hydrogens (primary N) is 1. The zero-order valence-corrected chi connectivity index (χ0v) is 9.22. The molecule has 1 aliphatic heterocycles. The second-order valence-corrected chi connectivity index (χ2v) is 4.22. The Kier molecular flexibility index (Phi) is 3.10. The topological polar surface area (TPSA) is 92.4 Å². The van der Waals surface area contributed by atoms with Crippen LogP contribution in [0.15, 0.2) is 24.3 Å². The minimum atomic E-state index is -0.770. The third-order valence-electron chi connectivity index (χ3n) is 3.08. The number of carbonyl (C=O) groups is 2. The lowest BCUT2D eigenvalue weighted by Gasteiger charge is -2.10. The zero-order chi connectivity index (χ0) is 12.4. The quantitative estimate of drug-likeness (QED) is 0.711. The fourth-order valence-corrected chi connectivity index (χ4v) is 2.06. The van der Waals surface area contributed by atoms with Crippen LogP contribution >= 0.6 is 0 Å². The highest BCUT2D eigenvalue weighted by atomic mass is 16.4. The van der Waals surface area contributed by atoms with Crippen molar-refractivity contribution < 1.29 is 14.7 Å². The number of hydrogen-bond donors (Lipinski definition) is 3. The maximum Gasteiger partial charge on any atom is 0.307 e. The third kappa shape index (κ3) is 2.45. The van der Waals surface area contributed by atoms with Gasteiger partial charge < -0.3 is 16.2 Å². The van der Waals surface area contributed by atoms with E-state index in [4.69, 9.17) is 10.8 Å². The van der Waals surface area contributed by atoms with Crippen LogP contribution in [0.25, 0.3) is 0 Å². The molecule has 1 aromatic rings. The molecule has 5 heteroatoms. The summed E-state index contributed by atoms with van der Waals surface area (Å²) in [6.07, 6.45) is 0.575. The van der Waals surface area contributed by atoms with E-state index in [9.17, 15) is 9.59 Å². The van der Waals surface area contributed by atoms with Crippen LogP contribution in [0.2, 0.25) is 0 Å². The number of rotatable bonds is 3. The molecule has 0 radical (unpaired) electrons. The van der Waals surface area contributed by atoms with Crippen LogP contribution in [-0.4, -0.2) is 23.5 Å². The van der Waals surface area contributed by atoms with Gasteiger partial charge in [-0.1, -0.05) is 12.1 Å². The normalized spacial score (nSPS) is 23.5. The van der Waals surface area contributed by atoms with Crippen LogP contribution in [0.1, 0.15) is 28.4 Å². The number of aliphatic carboxylic acids is 1. The Hall–Kier alpha value is -1.88. The molecule has 2 unspecified atom stereocenters. The summed E-state index contributed by atoms with van der Waals surface area (Å²) in [5, 5.41) is 12.0. The number of hydrogen-bond acceptors (Lipinski definition) is 3. The van der Waals surface area contributed by atoms with Crippen molar-refractivity contribution in [1.82, 2.24) is 5.32 Å². The van der Waals surface area contributed by atoms with E-state index in [1.165, 1.54) is 0 Å². The highest BCUT2D eigenvalue weighted by Gasteiger charge is 2.29. The van der Waals surface area contributed by atoms with Gasteiger partial charge in [-0.05, 0) is 24.1 Å². The Balaban J connectivity index is 2.09. The van der Waals surface area contributed by atoms with Crippen molar-refractivity contribution in [3.63, 3.8) is 0 Å². The molecule has 0 bridgehead atoms. The molecule has 90 valence electrons. The van der Waals surface area contributed by atoms with Gasteiger partial charge in [0.2, 0.25) is 5.91 Å². The highest BCUT2D eigenvalue weighted by Crippen LogP contribution is 2.27. The maximum atomic E-state index is 10.9. The lowest BCUT2D eigenvalue weighted by atomic mass is 9.99. The van der Waals surface area contributed by atoms with Gasteiger partial charge in [0, 0.05) is 18.2 Å². The average molecular weight is 234 g/mol. The molecule has 2 atom stereocenters. The lowest BCUT2D eigenvalue weighted by Crippen LogP contribution is -2.17. The second-order valence-electron chi connectivity index (χ2n) is 4.22. The van der Waals surface area contributed by atoms with E-state index >= 15 is 0 Å². The van der Waals surface area contributed by atoms with Crippen LogP contribution in [0.3, 0.4) is 0 Å². The molecule has 1 aromatic carbocycles. The first kappa shape index (κ1) is 11.6. The standard InChI is InChI=1S/C12H14N2O3/c13-11(15)8-3-1-7(2-4-8)10-5-9(6-14-10)12(16)17/h1-4,9-10,14H,5-6H2,(H2,13,15)(H,16,17). The maximum absolute atomic E-state index is 10.9. The molecular formula is C12H14N2O3. The summed E-state index contributed by atoms with van der Waals surface area (Å²) in [6, 6.07) is 6.98. The SMILES string of the molecule is NC(=O)c1ccc(C2CC(C(=O)O)CN2)cc1. The Morgan fingerprint density at radius 3 is 2.41 bits per heavy atom. The van der Waals surface area contributed by atoms with Crippen LogP contribution < -0.4 is 11.1 Å². The summed E-state index contributed by atoms with van der Waals surface area (Å²) in [4.78, 5) is 21.7. The molecule has 1 amide bonds. The molecule has 4 N–H and O–H groups in total. The average Bonchev–Trinajstić information content (AvgIpc) is 2.78. The number of carboxylic acids is 1. The molecule has 0 saturated carbocycles. The van der Waals surface area contributed by atoms with Crippen molar-refractivity contribution in [3.8, 4) is 0 Å². The van der Waals surface area contributed by atoms with Crippen molar-refractivity contribution in [3.05, 3.63) is 35.4 Å². The van der Waals surface area contributed by atoms with Gasteiger partial charge in [-0.25, -0.2) is 0 Å². The molecule has 5 nitrogen and oxygen atoms in total. The molecule has 0 aromatic heterocycles. The number of amides is 1. The molecule has 17 heavy (non-hydrogen) atoms. The van der Waals surface area contributed by atoms with E-state index < -0.39 is 11.9 Å². The highest BCUT2D eigenvalue weighted by molar-refractivity contribution is 5.92. The molecule has 0 aliphatic carbocycles. The molecule has 1 saturated heterocycles. The van der Waals surface area contributed by atoms with Crippen LogP contribution in [0.5, 0.6) is 0 Å². The molecule has 0 spiro atoms. The van der Waals surface area contributed by atoms with E-state index in [1.807, 2.05) is 12.1 Å². The summed E-state index contributed by atoms with van der Waals surface area (Å²) in [6.45, 7) is 0.484. The van der Waals surface area contributed by atoms with Gasteiger partial charge >= 0.3 is 5.97 Å². The van der Waals surface area contributed by atoms with Gasteiger partial charge in [0.15, 0.2) is 0 Å². The lowest BCUT2D eigenvalue weighted by molar-refractivity contribution is -0.141. The third-order valence-corrected chi connectivity index (χ3v) is 3.08. The first-order valence-corrected chi connectivity index (χ1v) is 5.44. The van der Waals surface area contributed by atoms with E-state index in [0.29, 0.717) is 18.5 Å². The first-order valence-electron chi connectivity index (χ1n) is 5.44. The summed E-state index contributed by atoms with van der Waals surface area (Å²) >= 11 is 0. The first-order chi connectivity index (χ1) is 8.08. The second kappa shape index (κ2) is 4.55. The summed E-state index contributed by atoms with van der Waals surface area (Å²) in [7, 11) is 0. The minimum absolute atomic E-state index is 0.0398. The predicted octanol–water partition coefficient (Wildman–Crippen LogP) is 0.521. The Labute approximate surface area is 98.6 Å². The van der Waals surface area contributed by atoms with E-state index in [-0.39, 0.29) is 12.0 Å². The monoisotopic (exact) mass is 234 g/mol. The molecule has 1 aliphatic rings. The van der Waals surface area contributed by atoms with Gasteiger partial charge in [-0.3, -0.25) is 9.59 Å². The van der Waals surface area contributed by atoms with Crippen LogP contribution in [-0.2, 0) is 4.79 Å². The van der Waals surface area contributed by atoms with E-state index in [2.05, 4.69) is 5.32 Å². The van der Waals surface area contributed by atoms with Crippen LogP contribution in [0, 0.1) is 5.92 Å². The van der Waals surface area contributed by atoms with Gasteiger partial charge in [-0.15, -0.1) is 0 Å². The smallest absolute Gasteiger partial charge is 0.307 e. The number of carboxylic acid groups (broad SMARTS) is 1. The van der Waals surface area contributed by atoms with Crippen LogP contribution in [0.4, 0.5) is 0 Å². The van der Waals surface area contributed by atoms with Gasteiger partial charge in [0.1, 0.15) is 0 Å². The summed E-state index contributed by atoms with van der Waals surface area (Å²) in [5.41, 5.74) is 6.59. The number of benzene rings is 1. The largest absolute Gasteiger partial charge is 0.481 e. The Bertz CT molecular complexity index is 442. The zero-order valence-electron chi connectivity index (χ0n) is 9.22. The predicted molar refractivity (Wildman–Crippen MR) is 61.4 cm³/mol. The molecular weight excluding hydrogens is 220 g/mol. The minimum Gasteiger partial charge on any atom is -0.481 e.